The van der Waals surface area contributed by atoms with Crippen molar-refractivity contribution in [2.45, 2.75) is 65.3 Å². The van der Waals surface area contributed by atoms with E-state index >= 15 is 0 Å². The first kappa shape index (κ1) is 13.7. The Bertz CT molecular complexity index is 625. The van der Waals surface area contributed by atoms with E-state index in [1.165, 1.54) is 35.3 Å². The molecule has 2 aromatic rings. The quantitative estimate of drug-likeness (QED) is 0.778. The average molecular weight is 270 g/mol. The Morgan fingerprint density at radius 3 is 2.50 bits per heavy atom. The summed E-state index contributed by atoms with van der Waals surface area (Å²) in [6.45, 7) is 12.4. The normalized spacial score (nSPS) is 16.3. The van der Waals surface area contributed by atoms with E-state index in [1.54, 1.807) is 0 Å². The molecule has 0 bridgehead atoms. The molecule has 1 aromatic heterocycles. The van der Waals surface area contributed by atoms with Crippen LogP contribution in [0.1, 0.15) is 64.8 Å². The van der Waals surface area contributed by atoms with Crippen molar-refractivity contribution in [3.8, 4) is 0 Å². The van der Waals surface area contributed by atoms with Gasteiger partial charge in [-0.2, -0.15) is 0 Å². The SMILES string of the molecule is CC(C)c1ccc2c(c1)nc(C(C)(C)C)n2CC1CC1. The lowest BCUT2D eigenvalue weighted by molar-refractivity contribution is 0.491. The van der Waals surface area contributed by atoms with E-state index in [0.29, 0.717) is 5.92 Å². The second kappa shape index (κ2) is 4.61. The predicted molar refractivity (Wildman–Crippen MR) is 85.2 cm³/mol. The molecule has 108 valence electrons. The van der Waals surface area contributed by atoms with Crippen LogP contribution in [-0.2, 0) is 12.0 Å². The van der Waals surface area contributed by atoms with Gasteiger partial charge in [-0.05, 0) is 42.4 Å². The zero-order chi connectivity index (χ0) is 14.5. The lowest BCUT2D eigenvalue weighted by atomic mass is 9.95. The molecule has 1 aliphatic rings. The molecule has 1 aromatic carbocycles. The van der Waals surface area contributed by atoms with E-state index in [-0.39, 0.29) is 5.41 Å². The van der Waals surface area contributed by atoms with E-state index in [4.69, 9.17) is 4.98 Å². The van der Waals surface area contributed by atoms with Crippen LogP contribution in [0.5, 0.6) is 0 Å². The summed E-state index contributed by atoms with van der Waals surface area (Å²) in [6, 6.07) is 6.82. The topological polar surface area (TPSA) is 17.8 Å². The highest BCUT2D eigenvalue weighted by molar-refractivity contribution is 5.77. The van der Waals surface area contributed by atoms with Gasteiger partial charge in [0.25, 0.3) is 0 Å². The summed E-state index contributed by atoms with van der Waals surface area (Å²) in [6.07, 6.45) is 2.76. The maximum atomic E-state index is 4.97. The molecule has 0 N–H and O–H groups in total. The van der Waals surface area contributed by atoms with Crippen molar-refractivity contribution in [1.29, 1.82) is 0 Å². The zero-order valence-corrected chi connectivity index (χ0v) is 13.4. The van der Waals surface area contributed by atoms with Gasteiger partial charge in [-0.3, -0.25) is 0 Å². The lowest BCUT2D eigenvalue weighted by Gasteiger charge is -2.20. The van der Waals surface area contributed by atoms with E-state index in [2.05, 4.69) is 57.4 Å². The third-order valence-electron chi connectivity index (χ3n) is 4.25. The highest BCUT2D eigenvalue weighted by Crippen LogP contribution is 2.35. The van der Waals surface area contributed by atoms with Crippen molar-refractivity contribution in [3.05, 3.63) is 29.6 Å². The minimum absolute atomic E-state index is 0.103. The number of fused-ring (bicyclic) bond motifs is 1. The molecule has 1 saturated carbocycles. The van der Waals surface area contributed by atoms with Gasteiger partial charge in [-0.1, -0.05) is 40.7 Å². The first-order chi connectivity index (χ1) is 9.36. The van der Waals surface area contributed by atoms with Crippen LogP contribution in [0.3, 0.4) is 0 Å². The molecule has 2 heteroatoms. The molecule has 1 fully saturated rings. The van der Waals surface area contributed by atoms with Crippen LogP contribution in [0.25, 0.3) is 11.0 Å². The van der Waals surface area contributed by atoms with E-state index in [9.17, 15) is 0 Å². The largest absolute Gasteiger partial charge is 0.327 e. The first-order valence-corrected chi connectivity index (χ1v) is 7.87. The minimum atomic E-state index is 0.103. The Hall–Kier alpha value is -1.31. The molecule has 2 nitrogen and oxygen atoms in total. The van der Waals surface area contributed by atoms with Crippen molar-refractivity contribution in [3.63, 3.8) is 0 Å². The van der Waals surface area contributed by atoms with Crippen LogP contribution >= 0.6 is 0 Å². The second-order valence-corrected chi connectivity index (χ2v) is 7.64. The van der Waals surface area contributed by atoms with Crippen LogP contribution in [0, 0.1) is 5.92 Å². The van der Waals surface area contributed by atoms with Crippen molar-refractivity contribution >= 4 is 11.0 Å². The van der Waals surface area contributed by atoms with Crippen LogP contribution in [-0.4, -0.2) is 9.55 Å². The molecule has 0 unspecified atom stereocenters. The van der Waals surface area contributed by atoms with Gasteiger partial charge >= 0.3 is 0 Å². The number of benzene rings is 1. The summed E-state index contributed by atoms with van der Waals surface area (Å²) in [7, 11) is 0. The first-order valence-electron chi connectivity index (χ1n) is 7.87. The third kappa shape index (κ3) is 2.48. The Kier molecular flexibility index (Phi) is 3.15. The Morgan fingerprint density at radius 2 is 1.95 bits per heavy atom. The highest BCUT2D eigenvalue weighted by Gasteiger charge is 2.28. The molecular weight excluding hydrogens is 244 g/mol. The van der Waals surface area contributed by atoms with Crippen LogP contribution in [0.4, 0.5) is 0 Å². The number of nitrogens with zero attached hydrogens (tertiary/aromatic N) is 2. The van der Waals surface area contributed by atoms with E-state index in [1.807, 2.05) is 0 Å². The van der Waals surface area contributed by atoms with Gasteiger partial charge < -0.3 is 4.57 Å². The van der Waals surface area contributed by atoms with E-state index in [0.717, 1.165) is 12.5 Å². The number of aromatic nitrogens is 2. The molecule has 1 heterocycles. The molecule has 0 atom stereocenters. The predicted octanol–water partition coefficient (Wildman–Crippen LogP) is 4.87. The molecule has 0 radical (unpaired) electrons. The Balaban J connectivity index is 2.15. The fourth-order valence-corrected chi connectivity index (χ4v) is 2.82. The van der Waals surface area contributed by atoms with Gasteiger partial charge in [-0.25, -0.2) is 4.98 Å². The van der Waals surface area contributed by atoms with Gasteiger partial charge in [0.1, 0.15) is 5.82 Å². The number of hydrogen-bond donors (Lipinski definition) is 0. The number of rotatable bonds is 3. The summed E-state index contributed by atoms with van der Waals surface area (Å²) in [5, 5.41) is 0. The maximum Gasteiger partial charge on any atom is 0.115 e. The van der Waals surface area contributed by atoms with Crippen molar-refractivity contribution in [2.75, 3.05) is 0 Å². The van der Waals surface area contributed by atoms with Crippen molar-refractivity contribution < 1.29 is 0 Å². The number of hydrogen-bond acceptors (Lipinski definition) is 1. The molecule has 0 saturated heterocycles. The molecule has 20 heavy (non-hydrogen) atoms. The second-order valence-electron chi connectivity index (χ2n) is 7.64. The third-order valence-corrected chi connectivity index (χ3v) is 4.25. The maximum absolute atomic E-state index is 4.97. The summed E-state index contributed by atoms with van der Waals surface area (Å²) >= 11 is 0. The molecule has 0 aliphatic heterocycles. The van der Waals surface area contributed by atoms with Gasteiger partial charge in [-0.15, -0.1) is 0 Å². The smallest absolute Gasteiger partial charge is 0.115 e. The summed E-state index contributed by atoms with van der Waals surface area (Å²) < 4.78 is 2.47. The minimum Gasteiger partial charge on any atom is -0.327 e. The van der Waals surface area contributed by atoms with Gasteiger partial charge in [0.2, 0.25) is 0 Å². The monoisotopic (exact) mass is 270 g/mol. The van der Waals surface area contributed by atoms with Gasteiger partial charge in [0, 0.05) is 12.0 Å². The molecule has 0 spiro atoms. The molecule has 3 rings (SSSR count). The average Bonchev–Trinajstić information content (AvgIpc) is 3.08. The Labute approximate surface area is 122 Å². The van der Waals surface area contributed by atoms with Crippen molar-refractivity contribution in [1.82, 2.24) is 9.55 Å². The Morgan fingerprint density at radius 1 is 1.25 bits per heavy atom. The van der Waals surface area contributed by atoms with Gasteiger partial charge in [0.05, 0.1) is 11.0 Å². The lowest BCUT2D eigenvalue weighted by Crippen LogP contribution is -2.19. The summed E-state index contributed by atoms with van der Waals surface area (Å²) in [4.78, 5) is 4.97. The van der Waals surface area contributed by atoms with Crippen LogP contribution in [0.2, 0.25) is 0 Å². The summed E-state index contributed by atoms with van der Waals surface area (Å²) in [5.41, 5.74) is 3.97. The van der Waals surface area contributed by atoms with Gasteiger partial charge in [0.15, 0.2) is 0 Å². The highest BCUT2D eigenvalue weighted by atomic mass is 15.1. The van der Waals surface area contributed by atoms with Crippen LogP contribution in [0.15, 0.2) is 18.2 Å². The van der Waals surface area contributed by atoms with Crippen LogP contribution < -0.4 is 0 Å². The van der Waals surface area contributed by atoms with Crippen molar-refractivity contribution in [2.24, 2.45) is 5.92 Å². The molecule has 1 aliphatic carbocycles. The number of imidazole rings is 1. The fraction of sp³-hybridized carbons (Fsp3) is 0.611. The fourth-order valence-electron chi connectivity index (χ4n) is 2.82. The molecular formula is C18H26N2. The molecule has 0 amide bonds. The van der Waals surface area contributed by atoms with E-state index < -0.39 is 0 Å². The zero-order valence-electron chi connectivity index (χ0n) is 13.4. The standard InChI is InChI=1S/C18H26N2/c1-12(2)14-8-9-16-15(10-14)19-17(18(3,4)5)20(16)11-13-6-7-13/h8-10,12-13H,6-7,11H2,1-5H3. The summed E-state index contributed by atoms with van der Waals surface area (Å²) in [5.74, 6) is 2.67.